The van der Waals surface area contributed by atoms with Gasteiger partial charge in [0.05, 0.1) is 0 Å². The van der Waals surface area contributed by atoms with E-state index in [0.29, 0.717) is 6.42 Å². The molecule has 0 radical (unpaired) electrons. The van der Waals surface area contributed by atoms with Crippen molar-refractivity contribution in [3.8, 4) is 5.75 Å². The Balaban J connectivity index is 0. The molecule has 0 aliphatic rings. The molecule has 0 saturated carbocycles. The van der Waals surface area contributed by atoms with Gasteiger partial charge in [-0.2, -0.15) is 0 Å². The van der Waals surface area contributed by atoms with Crippen LogP contribution in [0.3, 0.4) is 0 Å². The summed E-state index contributed by atoms with van der Waals surface area (Å²) in [5, 5.41) is 0. The van der Waals surface area contributed by atoms with Gasteiger partial charge in [0.1, 0.15) is 5.75 Å². The van der Waals surface area contributed by atoms with E-state index in [1.165, 1.54) is 0 Å². The van der Waals surface area contributed by atoms with Gasteiger partial charge in [0.15, 0.2) is 0 Å². The van der Waals surface area contributed by atoms with Crippen LogP contribution in [0.5, 0.6) is 5.75 Å². The van der Waals surface area contributed by atoms with Crippen molar-refractivity contribution in [1.29, 1.82) is 0 Å². The molecule has 1 aromatic rings. The number of phosphoric acid groups is 1. The molecule has 0 aromatic heterocycles. The quantitative estimate of drug-likeness (QED) is 0.556. The minimum Gasteiger partial charge on any atom is -1.00 e. The number of hydrogen-bond donors (Lipinski definition) is 2. The molecule has 1 rings (SSSR count). The number of hydrogen-bond acceptors (Lipinski definition) is 2. The van der Waals surface area contributed by atoms with Gasteiger partial charge in [-0.05, 0) is 30.0 Å². The van der Waals surface area contributed by atoms with Crippen LogP contribution >= 0.6 is 7.82 Å². The summed E-state index contributed by atoms with van der Waals surface area (Å²) in [4.78, 5) is 17.4. The summed E-state index contributed by atoms with van der Waals surface area (Å²) in [6.07, 6.45) is 1.58. The van der Waals surface area contributed by atoms with Crippen LogP contribution in [0.15, 0.2) is 18.2 Å². The fourth-order valence-electron chi connectivity index (χ4n) is 1.35. The van der Waals surface area contributed by atoms with Gasteiger partial charge in [-0.25, -0.2) is 4.57 Å². The van der Waals surface area contributed by atoms with Gasteiger partial charge in [0.25, 0.3) is 0 Å². The van der Waals surface area contributed by atoms with Gasteiger partial charge in [-0.15, -0.1) is 0 Å². The largest absolute Gasteiger partial charge is 1.00 e. The maximum absolute atomic E-state index is 10.7. The first-order valence-electron chi connectivity index (χ1n) is 4.83. The minimum absolute atomic E-state index is 0. The molecule has 0 fully saturated rings. The van der Waals surface area contributed by atoms with Gasteiger partial charge in [-0.3, -0.25) is 9.79 Å². The van der Waals surface area contributed by atoms with Gasteiger partial charge < -0.3 is 5.95 Å². The molecule has 86 valence electrons. The predicted molar refractivity (Wildman–Crippen MR) is 59.0 cm³/mol. The van der Waals surface area contributed by atoms with E-state index in [4.69, 9.17) is 9.79 Å². The zero-order chi connectivity index (χ0) is 11.5. The van der Waals surface area contributed by atoms with E-state index in [9.17, 15) is 4.57 Å². The standard InChI is InChI=1S/C10H15O4P.Na.H/c1-3-8-5-6-10(9(4-2)7-8)14-15(11,12)13;;/h5-7H,3-4H2,1-2H3,(H2,11,12,13);;/q;+1;-1. The van der Waals surface area contributed by atoms with Crippen LogP contribution in [0.4, 0.5) is 0 Å². The minimum atomic E-state index is -4.45. The molecule has 0 saturated heterocycles. The molecule has 0 aliphatic heterocycles. The molecule has 6 heteroatoms. The molecule has 0 heterocycles. The summed E-state index contributed by atoms with van der Waals surface area (Å²) in [6.45, 7) is 3.94. The van der Waals surface area contributed by atoms with E-state index >= 15 is 0 Å². The Bertz CT molecular complexity index is 394. The van der Waals surface area contributed by atoms with Crippen molar-refractivity contribution < 1.29 is 49.9 Å². The predicted octanol–water partition coefficient (Wildman–Crippen LogP) is -0.601. The summed E-state index contributed by atoms with van der Waals surface area (Å²) in [7, 11) is -4.45. The van der Waals surface area contributed by atoms with Crippen molar-refractivity contribution >= 4 is 7.82 Å². The maximum atomic E-state index is 10.7. The molecule has 0 bridgehead atoms. The monoisotopic (exact) mass is 254 g/mol. The third-order valence-electron chi connectivity index (χ3n) is 2.13. The van der Waals surface area contributed by atoms with Gasteiger partial charge in [-0.1, -0.05) is 26.0 Å². The zero-order valence-corrected chi connectivity index (χ0v) is 12.7. The second kappa shape index (κ2) is 6.80. The fraction of sp³-hybridized carbons (Fsp3) is 0.400. The maximum Gasteiger partial charge on any atom is 1.00 e. The average molecular weight is 254 g/mol. The van der Waals surface area contributed by atoms with E-state index in [1.54, 1.807) is 6.07 Å². The Morgan fingerprint density at radius 2 is 1.94 bits per heavy atom. The molecule has 4 nitrogen and oxygen atoms in total. The summed E-state index contributed by atoms with van der Waals surface area (Å²) >= 11 is 0. The summed E-state index contributed by atoms with van der Waals surface area (Å²) in [5.74, 6) is 0.267. The van der Waals surface area contributed by atoms with Gasteiger partial charge >= 0.3 is 37.4 Å². The van der Waals surface area contributed by atoms with Crippen molar-refractivity contribution in [1.82, 2.24) is 0 Å². The Kier molecular flexibility index (Phi) is 6.87. The van der Waals surface area contributed by atoms with Crippen LogP contribution < -0.4 is 34.1 Å². The first-order chi connectivity index (χ1) is 6.96. The topological polar surface area (TPSA) is 66.8 Å². The van der Waals surface area contributed by atoms with E-state index < -0.39 is 7.82 Å². The third kappa shape index (κ3) is 5.00. The van der Waals surface area contributed by atoms with Crippen molar-refractivity contribution in [3.63, 3.8) is 0 Å². The zero-order valence-electron chi connectivity index (χ0n) is 10.8. The Hall–Kier alpha value is 0.170. The molecule has 0 atom stereocenters. The van der Waals surface area contributed by atoms with Crippen molar-refractivity contribution in [3.05, 3.63) is 29.3 Å². The van der Waals surface area contributed by atoms with Crippen LogP contribution in [0, 0.1) is 0 Å². The molecule has 2 N–H and O–H groups in total. The molecule has 0 aliphatic carbocycles. The average Bonchev–Trinajstić information content (AvgIpc) is 2.16. The van der Waals surface area contributed by atoms with Gasteiger partial charge in [0, 0.05) is 0 Å². The van der Waals surface area contributed by atoms with Crippen molar-refractivity contribution in [2.24, 2.45) is 0 Å². The van der Waals surface area contributed by atoms with E-state index in [0.717, 1.165) is 17.5 Å². The Labute approximate surface area is 119 Å². The molecule has 0 amide bonds. The third-order valence-corrected chi connectivity index (χ3v) is 2.57. The summed E-state index contributed by atoms with van der Waals surface area (Å²) in [5.41, 5.74) is 1.95. The van der Waals surface area contributed by atoms with Crippen molar-refractivity contribution in [2.75, 3.05) is 0 Å². The summed E-state index contributed by atoms with van der Waals surface area (Å²) < 4.78 is 15.3. The molecule has 0 spiro atoms. The number of aryl methyl sites for hydroxylation is 2. The Morgan fingerprint density at radius 1 is 1.31 bits per heavy atom. The second-order valence-electron chi connectivity index (χ2n) is 3.23. The van der Waals surface area contributed by atoms with Crippen LogP contribution in [-0.4, -0.2) is 9.79 Å². The smallest absolute Gasteiger partial charge is 1.00 e. The van der Waals surface area contributed by atoms with Crippen LogP contribution in [0.25, 0.3) is 0 Å². The fourth-order valence-corrected chi connectivity index (χ4v) is 1.78. The number of phosphoric ester groups is 1. The number of benzene rings is 1. The van der Waals surface area contributed by atoms with E-state index in [2.05, 4.69) is 4.52 Å². The Morgan fingerprint density at radius 3 is 2.38 bits per heavy atom. The SMILES string of the molecule is CCc1ccc(OP(=O)(O)O)c(CC)c1.[H-].[Na+]. The first kappa shape index (κ1) is 16.2. The van der Waals surface area contributed by atoms with Gasteiger partial charge in [0.2, 0.25) is 0 Å². The molecule has 16 heavy (non-hydrogen) atoms. The first-order valence-corrected chi connectivity index (χ1v) is 6.36. The second-order valence-corrected chi connectivity index (χ2v) is 4.39. The number of rotatable bonds is 4. The molecular formula is C10H16NaO4P. The van der Waals surface area contributed by atoms with Crippen molar-refractivity contribution in [2.45, 2.75) is 26.7 Å². The van der Waals surface area contributed by atoms with E-state index in [1.807, 2.05) is 26.0 Å². The van der Waals surface area contributed by atoms with Crippen LogP contribution in [-0.2, 0) is 17.4 Å². The normalized spacial score (nSPS) is 10.8. The molecule has 1 aromatic carbocycles. The van der Waals surface area contributed by atoms with Crippen LogP contribution in [0.1, 0.15) is 26.4 Å². The van der Waals surface area contributed by atoms with E-state index in [-0.39, 0.29) is 36.7 Å². The molecule has 0 unspecified atom stereocenters. The van der Waals surface area contributed by atoms with Crippen LogP contribution in [0.2, 0.25) is 0 Å². The molecular weight excluding hydrogens is 238 g/mol. The summed E-state index contributed by atoms with van der Waals surface area (Å²) in [6, 6.07) is 5.33.